The van der Waals surface area contributed by atoms with Crippen LogP contribution in [-0.2, 0) is 15.8 Å². The second-order valence-electron chi connectivity index (χ2n) is 6.96. The van der Waals surface area contributed by atoms with Crippen molar-refractivity contribution in [3.8, 4) is 5.75 Å². The molecule has 0 aliphatic rings. The molecule has 2 N–H and O–H groups in total. The van der Waals surface area contributed by atoms with Crippen LogP contribution in [0, 0.1) is 0 Å². The van der Waals surface area contributed by atoms with Crippen molar-refractivity contribution in [2.24, 2.45) is 0 Å². The molecule has 0 atom stereocenters. The summed E-state index contributed by atoms with van der Waals surface area (Å²) >= 11 is 0. The summed E-state index contributed by atoms with van der Waals surface area (Å²) in [5.74, 6) is -0.0934. The van der Waals surface area contributed by atoms with Crippen LogP contribution in [0.5, 0.6) is 5.75 Å². The van der Waals surface area contributed by atoms with Gasteiger partial charge in [0.1, 0.15) is 5.75 Å². The molecular formula is C19H24N2O4S. The Labute approximate surface area is 154 Å². The Balaban J connectivity index is 2.31. The van der Waals surface area contributed by atoms with Gasteiger partial charge in [-0.2, -0.15) is 0 Å². The van der Waals surface area contributed by atoms with Crippen LogP contribution in [-0.4, -0.2) is 27.0 Å². The highest BCUT2D eigenvalue weighted by Crippen LogP contribution is 2.24. The lowest BCUT2D eigenvalue weighted by Crippen LogP contribution is -2.40. The zero-order valence-corrected chi connectivity index (χ0v) is 16.2. The predicted molar refractivity (Wildman–Crippen MR) is 103 cm³/mol. The highest BCUT2D eigenvalue weighted by molar-refractivity contribution is 7.91. The molecule has 0 saturated carbocycles. The average Bonchev–Trinajstić information content (AvgIpc) is 2.53. The van der Waals surface area contributed by atoms with Crippen LogP contribution in [0.15, 0.2) is 48.5 Å². The molecule has 1 amide bonds. The molecule has 0 spiro atoms. The minimum Gasteiger partial charge on any atom is -0.497 e. The van der Waals surface area contributed by atoms with E-state index in [1.165, 1.54) is 19.2 Å². The first-order valence-corrected chi connectivity index (χ1v) is 9.80. The number of carbonyl (C=O) groups excluding carboxylic acids is 1. The monoisotopic (exact) mass is 376 g/mol. The van der Waals surface area contributed by atoms with Gasteiger partial charge in [0.05, 0.1) is 24.1 Å². The molecule has 0 heterocycles. The van der Waals surface area contributed by atoms with Gasteiger partial charge in [-0.15, -0.1) is 0 Å². The van der Waals surface area contributed by atoms with Crippen LogP contribution >= 0.6 is 0 Å². The zero-order chi connectivity index (χ0) is 19.4. The van der Waals surface area contributed by atoms with E-state index < -0.39 is 15.6 Å². The number of benzene rings is 2. The van der Waals surface area contributed by atoms with Gasteiger partial charge in [-0.1, -0.05) is 30.3 Å². The Hall–Kier alpha value is -2.54. The largest absolute Gasteiger partial charge is 0.497 e. The second-order valence-corrected chi connectivity index (χ2v) is 8.68. The van der Waals surface area contributed by atoms with Crippen molar-refractivity contribution >= 4 is 21.6 Å². The first-order valence-electron chi connectivity index (χ1n) is 8.14. The molecule has 0 fully saturated rings. The van der Waals surface area contributed by atoms with E-state index in [0.717, 1.165) is 0 Å². The summed E-state index contributed by atoms with van der Waals surface area (Å²) in [6.07, 6.45) is 0. The summed E-state index contributed by atoms with van der Waals surface area (Å²) in [6.45, 7) is 5.55. The van der Waals surface area contributed by atoms with E-state index in [4.69, 9.17) is 4.74 Å². The van der Waals surface area contributed by atoms with Crippen molar-refractivity contribution < 1.29 is 17.9 Å². The van der Waals surface area contributed by atoms with E-state index >= 15 is 0 Å². The highest BCUT2D eigenvalue weighted by Gasteiger charge is 2.21. The number of methoxy groups -OCH3 is 1. The molecule has 0 radical (unpaired) electrons. The first kappa shape index (κ1) is 19.8. The van der Waals surface area contributed by atoms with Crippen molar-refractivity contribution in [3.05, 3.63) is 59.7 Å². The SMILES string of the molecule is COc1ccc(NS(=O)(=O)Cc2ccccc2)c(C(=O)NC(C)(C)C)c1. The van der Waals surface area contributed by atoms with Crippen LogP contribution in [0.1, 0.15) is 36.7 Å². The lowest BCUT2D eigenvalue weighted by molar-refractivity contribution is 0.0920. The van der Waals surface area contributed by atoms with E-state index in [1.807, 2.05) is 26.8 Å². The molecule has 2 aromatic carbocycles. The van der Waals surface area contributed by atoms with E-state index in [9.17, 15) is 13.2 Å². The molecule has 26 heavy (non-hydrogen) atoms. The Bertz CT molecular complexity index is 872. The van der Waals surface area contributed by atoms with Crippen molar-refractivity contribution in [1.29, 1.82) is 0 Å². The molecule has 6 nitrogen and oxygen atoms in total. The molecule has 7 heteroatoms. The quantitative estimate of drug-likeness (QED) is 0.811. The van der Waals surface area contributed by atoms with Crippen LogP contribution in [0.4, 0.5) is 5.69 Å². The number of carbonyl (C=O) groups is 1. The molecule has 0 unspecified atom stereocenters. The lowest BCUT2D eigenvalue weighted by atomic mass is 10.1. The normalized spacial score (nSPS) is 11.7. The summed E-state index contributed by atoms with van der Waals surface area (Å²) < 4.78 is 32.7. The maximum Gasteiger partial charge on any atom is 0.253 e. The number of anilines is 1. The fourth-order valence-corrected chi connectivity index (χ4v) is 3.55. The molecular weight excluding hydrogens is 352 g/mol. The van der Waals surface area contributed by atoms with Gasteiger partial charge in [-0.3, -0.25) is 9.52 Å². The summed E-state index contributed by atoms with van der Waals surface area (Å²) in [5, 5.41) is 2.83. The Morgan fingerprint density at radius 3 is 2.31 bits per heavy atom. The maximum absolute atomic E-state index is 12.6. The summed E-state index contributed by atoms with van der Waals surface area (Å²) in [5.41, 5.74) is 0.619. The number of sulfonamides is 1. The third kappa shape index (κ3) is 5.77. The first-order chi connectivity index (χ1) is 12.1. The summed E-state index contributed by atoms with van der Waals surface area (Å²) in [4.78, 5) is 12.6. The highest BCUT2D eigenvalue weighted by atomic mass is 32.2. The van der Waals surface area contributed by atoms with Gasteiger partial charge < -0.3 is 10.1 Å². The van der Waals surface area contributed by atoms with Crippen LogP contribution in [0.2, 0.25) is 0 Å². The van der Waals surface area contributed by atoms with Gasteiger partial charge in [0.25, 0.3) is 5.91 Å². The number of hydrogen-bond acceptors (Lipinski definition) is 4. The number of ether oxygens (including phenoxy) is 1. The van der Waals surface area contributed by atoms with E-state index in [0.29, 0.717) is 11.3 Å². The van der Waals surface area contributed by atoms with Crippen molar-refractivity contribution in [3.63, 3.8) is 0 Å². The summed E-state index contributed by atoms with van der Waals surface area (Å²) in [6, 6.07) is 13.5. The lowest BCUT2D eigenvalue weighted by Gasteiger charge is -2.22. The predicted octanol–water partition coefficient (Wildman–Crippen LogP) is 3.17. The van der Waals surface area contributed by atoms with Crippen molar-refractivity contribution in [1.82, 2.24) is 5.32 Å². The second kappa shape index (κ2) is 7.78. The van der Waals surface area contributed by atoms with Crippen LogP contribution in [0.3, 0.4) is 0 Å². The number of nitrogens with one attached hydrogen (secondary N) is 2. The molecule has 140 valence electrons. The standard InChI is InChI=1S/C19H24N2O4S/c1-19(2,3)20-18(22)16-12-15(25-4)10-11-17(16)21-26(23,24)13-14-8-6-5-7-9-14/h5-12,21H,13H2,1-4H3,(H,20,22). The van der Waals surface area contributed by atoms with Gasteiger partial charge in [-0.25, -0.2) is 8.42 Å². The topological polar surface area (TPSA) is 84.5 Å². The van der Waals surface area contributed by atoms with Gasteiger partial charge in [0.2, 0.25) is 10.0 Å². The average molecular weight is 376 g/mol. The number of hydrogen-bond donors (Lipinski definition) is 2. The van der Waals surface area contributed by atoms with Gasteiger partial charge in [-0.05, 0) is 44.5 Å². The van der Waals surface area contributed by atoms with Crippen molar-refractivity contribution in [2.75, 3.05) is 11.8 Å². The van der Waals surface area contributed by atoms with E-state index in [1.54, 1.807) is 30.3 Å². The van der Waals surface area contributed by atoms with Crippen molar-refractivity contribution in [2.45, 2.75) is 32.1 Å². The fraction of sp³-hybridized carbons (Fsp3) is 0.316. The number of amides is 1. The minimum absolute atomic E-state index is 0.180. The molecule has 0 aliphatic heterocycles. The maximum atomic E-state index is 12.6. The van der Waals surface area contributed by atoms with Crippen LogP contribution < -0.4 is 14.8 Å². The van der Waals surface area contributed by atoms with Gasteiger partial charge >= 0.3 is 0 Å². The molecule has 0 saturated heterocycles. The molecule has 0 bridgehead atoms. The third-order valence-electron chi connectivity index (χ3n) is 3.42. The van der Waals surface area contributed by atoms with Gasteiger partial charge in [0.15, 0.2) is 0 Å². The van der Waals surface area contributed by atoms with Gasteiger partial charge in [0, 0.05) is 5.54 Å². The third-order valence-corrected chi connectivity index (χ3v) is 4.67. The van der Waals surface area contributed by atoms with Crippen LogP contribution in [0.25, 0.3) is 0 Å². The summed E-state index contributed by atoms with van der Waals surface area (Å²) in [7, 11) is -2.19. The molecule has 0 aromatic heterocycles. The smallest absolute Gasteiger partial charge is 0.253 e. The Kier molecular flexibility index (Phi) is 5.92. The minimum atomic E-state index is -3.68. The molecule has 2 rings (SSSR count). The van der Waals surface area contributed by atoms with E-state index in [-0.39, 0.29) is 22.9 Å². The zero-order valence-electron chi connectivity index (χ0n) is 15.4. The van der Waals surface area contributed by atoms with E-state index in [2.05, 4.69) is 10.0 Å². The Morgan fingerprint density at radius 2 is 1.73 bits per heavy atom. The Morgan fingerprint density at radius 1 is 1.08 bits per heavy atom. The fourth-order valence-electron chi connectivity index (χ4n) is 2.33. The molecule has 2 aromatic rings. The molecule has 0 aliphatic carbocycles. The number of rotatable bonds is 6.